The summed E-state index contributed by atoms with van der Waals surface area (Å²) in [6.45, 7) is 4.20. The van der Waals surface area contributed by atoms with Gasteiger partial charge in [-0.05, 0) is 29.9 Å². The van der Waals surface area contributed by atoms with Crippen molar-refractivity contribution in [1.82, 2.24) is 5.32 Å². The molecule has 2 aromatic rings. The molecule has 0 aliphatic heterocycles. The molecule has 1 unspecified atom stereocenters. The first-order chi connectivity index (χ1) is 9.11. The third-order valence-corrected chi connectivity index (χ3v) is 4.52. The molecule has 0 saturated carbocycles. The Morgan fingerprint density at radius 2 is 2.11 bits per heavy atom. The van der Waals surface area contributed by atoms with Gasteiger partial charge in [-0.1, -0.05) is 32.0 Å². The van der Waals surface area contributed by atoms with Crippen LogP contribution in [0.4, 0.5) is 0 Å². The maximum atomic E-state index is 12.3. The van der Waals surface area contributed by atoms with Crippen LogP contribution in [0.1, 0.15) is 29.9 Å². The van der Waals surface area contributed by atoms with Crippen molar-refractivity contribution >= 4 is 38.9 Å². The number of hydrogen-bond acceptors (Lipinski definition) is 2. The fourth-order valence-corrected chi connectivity index (χ4v) is 3.22. The van der Waals surface area contributed by atoms with Crippen LogP contribution in [0, 0.1) is 5.92 Å². The van der Waals surface area contributed by atoms with Crippen LogP contribution in [0.2, 0.25) is 0 Å². The van der Waals surface area contributed by atoms with Crippen molar-refractivity contribution in [1.29, 1.82) is 0 Å². The van der Waals surface area contributed by atoms with Gasteiger partial charge in [0.1, 0.15) is 0 Å². The number of fused-ring (bicyclic) bond motifs is 1. The molecule has 102 valence electrons. The molecule has 4 heteroatoms. The second-order valence-electron chi connectivity index (χ2n) is 4.95. The normalized spacial score (nSPS) is 12.8. The Bertz CT molecular complexity index is 531. The number of thiophene rings is 1. The molecule has 0 spiro atoms. The summed E-state index contributed by atoms with van der Waals surface area (Å²) in [5.74, 6) is 0.956. The number of carbonyl (C=O) groups excluding carboxylic acids is 1. The van der Waals surface area contributed by atoms with E-state index in [0.29, 0.717) is 11.8 Å². The Labute approximate surface area is 122 Å². The molecule has 1 N–H and O–H groups in total. The summed E-state index contributed by atoms with van der Waals surface area (Å²) < 4.78 is 1.14. The Balaban J connectivity index is 2.14. The van der Waals surface area contributed by atoms with Gasteiger partial charge in [0.25, 0.3) is 5.91 Å². The van der Waals surface area contributed by atoms with E-state index in [1.165, 1.54) is 11.3 Å². The molecule has 2 nitrogen and oxygen atoms in total. The molecule has 0 radical (unpaired) electrons. The minimum absolute atomic E-state index is 0.00465. The quantitative estimate of drug-likeness (QED) is 0.819. The molecule has 1 amide bonds. The molecule has 0 saturated heterocycles. The highest BCUT2D eigenvalue weighted by Gasteiger charge is 2.18. The lowest BCUT2D eigenvalue weighted by atomic mass is 10.0. The van der Waals surface area contributed by atoms with Gasteiger partial charge in [-0.25, -0.2) is 0 Å². The predicted molar refractivity (Wildman–Crippen MR) is 83.3 cm³/mol. The minimum Gasteiger partial charge on any atom is -0.348 e. The van der Waals surface area contributed by atoms with Gasteiger partial charge in [0, 0.05) is 16.6 Å². The number of carbonyl (C=O) groups is 1. The third kappa shape index (κ3) is 3.48. The number of nitrogens with one attached hydrogen (secondary N) is 1. The summed E-state index contributed by atoms with van der Waals surface area (Å²) in [5.41, 5.74) is 0. The van der Waals surface area contributed by atoms with Gasteiger partial charge < -0.3 is 5.32 Å². The molecule has 2 rings (SSSR count). The number of benzene rings is 1. The number of amides is 1. The van der Waals surface area contributed by atoms with E-state index in [1.54, 1.807) is 0 Å². The third-order valence-electron chi connectivity index (χ3n) is 3.19. The first-order valence-electron chi connectivity index (χ1n) is 6.47. The van der Waals surface area contributed by atoms with Crippen LogP contribution in [-0.2, 0) is 0 Å². The molecular weight excluding hydrogens is 278 g/mol. The van der Waals surface area contributed by atoms with Crippen molar-refractivity contribution in [2.75, 3.05) is 5.88 Å². The van der Waals surface area contributed by atoms with Gasteiger partial charge in [-0.2, -0.15) is 0 Å². The molecule has 0 bridgehead atoms. The van der Waals surface area contributed by atoms with Gasteiger partial charge in [-0.3, -0.25) is 4.79 Å². The van der Waals surface area contributed by atoms with Crippen LogP contribution in [0.15, 0.2) is 30.3 Å². The van der Waals surface area contributed by atoms with E-state index < -0.39 is 0 Å². The standard InChI is InChI=1S/C15H18ClNOS/c1-10(2)12(7-8-16)17-15(18)14-9-11-5-3-4-6-13(11)19-14/h3-6,9-10,12H,7-8H2,1-2H3,(H,17,18). The molecule has 19 heavy (non-hydrogen) atoms. The van der Waals surface area contributed by atoms with Gasteiger partial charge in [0.05, 0.1) is 4.88 Å². The van der Waals surface area contributed by atoms with Crippen molar-refractivity contribution < 1.29 is 4.79 Å². The largest absolute Gasteiger partial charge is 0.348 e. The van der Waals surface area contributed by atoms with E-state index in [0.717, 1.165) is 21.4 Å². The summed E-state index contributed by atoms with van der Waals surface area (Å²) in [6, 6.07) is 10.1. The lowest BCUT2D eigenvalue weighted by molar-refractivity contribution is 0.0929. The topological polar surface area (TPSA) is 29.1 Å². The molecule has 0 fully saturated rings. The monoisotopic (exact) mass is 295 g/mol. The van der Waals surface area contributed by atoms with Crippen molar-refractivity contribution in [3.05, 3.63) is 35.2 Å². The highest BCUT2D eigenvalue weighted by atomic mass is 35.5. The second kappa shape index (κ2) is 6.40. The van der Waals surface area contributed by atoms with E-state index in [9.17, 15) is 4.79 Å². The van der Waals surface area contributed by atoms with Gasteiger partial charge in [-0.15, -0.1) is 22.9 Å². The van der Waals surface area contributed by atoms with E-state index in [4.69, 9.17) is 11.6 Å². The smallest absolute Gasteiger partial charge is 0.261 e. The zero-order valence-electron chi connectivity index (χ0n) is 11.2. The average Bonchev–Trinajstić information content (AvgIpc) is 2.81. The molecule has 0 aliphatic carbocycles. The first-order valence-corrected chi connectivity index (χ1v) is 7.82. The molecule has 1 atom stereocenters. The fraction of sp³-hybridized carbons (Fsp3) is 0.400. The number of halogens is 1. The van der Waals surface area contributed by atoms with Crippen molar-refractivity contribution in [2.45, 2.75) is 26.3 Å². The van der Waals surface area contributed by atoms with E-state index in [-0.39, 0.29) is 11.9 Å². The summed E-state index contributed by atoms with van der Waals surface area (Å²) in [6.07, 6.45) is 0.801. The van der Waals surface area contributed by atoms with Crippen molar-refractivity contribution in [3.63, 3.8) is 0 Å². The van der Waals surface area contributed by atoms with Crippen LogP contribution >= 0.6 is 22.9 Å². The van der Waals surface area contributed by atoms with E-state index in [1.807, 2.05) is 30.3 Å². The maximum Gasteiger partial charge on any atom is 0.261 e. The predicted octanol–water partition coefficient (Wildman–Crippen LogP) is 4.28. The Morgan fingerprint density at radius 1 is 1.37 bits per heavy atom. The number of rotatable bonds is 5. The Morgan fingerprint density at radius 3 is 2.74 bits per heavy atom. The van der Waals surface area contributed by atoms with Crippen LogP contribution < -0.4 is 5.32 Å². The van der Waals surface area contributed by atoms with E-state index >= 15 is 0 Å². The Hall–Kier alpha value is -1.06. The molecular formula is C15H18ClNOS. The molecule has 1 heterocycles. The summed E-state index contributed by atoms with van der Waals surface area (Å²) in [5, 5.41) is 4.20. The summed E-state index contributed by atoms with van der Waals surface area (Å²) in [4.78, 5) is 13.0. The van der Waals surface area contributed by atoms with Crippen LogP contribution in [0.3, 0.4) is 0 Å². The summed E-state index contributed by atoms with van der Waals surface area (Å²) >= 11 is 7.32. The highest BCUT2D eigenvalue weighted by molar-refractivity contribution is 7.20. The number of hydrogen-bond donors (Lipinski definition) is 1. The summed E-state index contributed by atoms with van der Waals surface area (Å²) in [7, 11) is 0. The molecule has 0 aliphatic rings. The van der Waals surface area contributed by atoms with Gasteiger partial charge in [0.2, 0.25) is 0 Å². The van der Waals surface area contributed by atoms with Crippen LogP contribution in [0.5, 0.6) is 0 Å². The molecule has 1 aromatic heterocycles. The zero-order chi connectivity index (χ0) is 13.8. The number of alkyl halides is 1. The van der Waals surface area contributed by atoms with Crippen molar-refractivity contribution in [3.8, 4) is 0 Å². The van der Waals surface area contributed by atoms with E-state index in [2.05, 4.69) is 19.2 Å². The lowest BCUT2D eigenvalue weighted by Gasteiger charge is -2.20. The fourth-order valence-electron chi connectivity index (χ4n) is 2.02. The molecule has 1 aromatic carbocycles. The lowest BCUT2D eigenvalue weighted by Crippen LogP contribution is -2.38. The Kier molecular flexibility index (Phi) is 4.83. The van der Waals surface area contributed by atoms with Crippen LogP contribution in [-0.4, -0.2) is 17.8 Å². The SMILES string of the molecule is CC(C)C(CCCl)NC(=O)c1cc2ccccc2s1. The second-order valence-corrected chi connectivity index (χ2v) is 6.41. The highest BCUT2D eigenvalue weighted by Crippen LogP contribution is 2.25. The zero-order valence-corrected chi connectivity index (χ0v) is 12.7. The maximum absolute atomic E-state index is 12.3. The van der Waals surface area contributed by atoms with Crippen LogP contribution in [0.25, 0.3) is 10.1 Å². The van der Waals surface area contributed by atoms with Crippen molar-refractivity contribution in [2.24, 2.45) is 5.92 Å². The van der Waals surface area contributed by atoms with Gasteiger partial charge >= 0.3 is 0 Å². The minimum atomic E-state index is 0.00465. The first kappa shape index (κ1) is 14.4. The average molecular weight is 296 g/mol. The van der Waals surface area contributed by atoms with Gasteiger partial charge in [0.15, 0.2) is 0 Å².